The molecule has 0 aliphatic carbocycles. The molecular weight excluding hydrogens is 298 g/mol. The Kier molecular flexibility index (Phi) is 3.48. The fraction of sp³-hybridized carbons (Fsp3) is 0.286. The predicted octanol–water partition coefficient (Wildman–Crippen LogP) is 2.26. The van der Waals surface area contributed by atoms with Crippen LogP contribution in [0.4, 0.5) is 13.2 Å². The third-order valence-corrected chi connectivity index (χ3v) is 2.51. The van der Waals surface area contributed by atoms with Crippen molar-refractivity contribution in [2.24, 2.45) is 0 Å². The highest BCUT2D eigenvalue weighted by atomic mass is 127. The normalized spacial score (nSPS) is 10.9. The molecule has 72 valence electrons. The van der Waals surface area contributed by atoms with Crippen molar-refractivity contribution >= 4 is 22.6 Å². The van der Waals surface area contributed by atoms with Crippen molar-refractivity contribution in [3.63, 3.8) is 0 Å². The summed E-state index contributed by atoms with van der Waals surface area (Å²) in [6.07, 6.45) is -2.82. The van der Waals surface area contributed by atoms with E-state index in [0.717, 1.165) is 0 Å². The number of alkyl halides is 2. The number of aromatic nitrogens is 1. The number of aliphatic hydroxyl groups excluding tert-OH is 1. The summed E-state index contributed by atoms with van der Waals surface area (Å²) in [5.74, 6) is -0.782. The van der Waals surface area contributed by atoms with E-state index < -0.39 is 24.5 Å². The van der Waals surface area contributed by atoms with Crippen LogP contribution in [-0.4, -0.2) is 10.1 Å². The second kappa shape index (κ2) is 4.23. The SMILES string of the molecule is OCc1nc(C(F)F)cc(F)c1I. The molecule has 1 aromatic rings. The van der Waals surface area contributed by atoms with E-state index in [-0.39, 0.29) is 9.26 Å². The van der Waals surface area contributed by atoms with Crippen LogP contribution in [0, 0.1) is 9.39 Å². The lowest BCUT2D eigenvalue weighted by Gasteiger charge is -2.04. The molecule has 0 radical (unpaired) electrons. The lowest BCUT2D eigenvalue weighted by Crippen LogP contribution is -2.02. The first kappa shape index (κ1) is 10.7. The highest BCUT2D eigenvalue weighted by molar-refractivity contribution is 14.1. The van der Waals surface area contributed by atoms with E-state index in [9.17, 15) is 13.2 Å². The van der Waals surface area contributed by atoms with Gasteiger partial charge in [0.15, 0.2) is 0 Å². The summed E-state index contributed by atoms with van der Waals surface area (Å²) < 4.78 is 37.1. The minimum atomic E-state index is -2.82. The van der Waals surface area contributed by atoms with Gasteiger partial charge in [0.05, 0.1) is 15.9 Å². The Bertz CT molecular complexity index is 319. The van der Waals surface area contributed by atoms with Gasteiger partial charge in [-0.2, -0.15) is 0 Å². The van der Waals surface area contributed by atoms with E-state index in [1.165, 1.54) is 0 Å². The number of hydrogen-bond acceptors (Lipinski definition) is 2. The van der Waals surface area contributed by atoms with Crippen molar-refractivity contribution in [1.82, 2.24) is 4.98 Å². The summed E-state index contributed by atoms with van der Waals surface area (Å²) >= 11 is 1.60. The maximum atomic E-state index is 12.9. The van der Waals surface area contributed by atoms with E-state index in [1.54, 1.807) is 22.6 Å². The average molecular weight is 303 g/mol. The van der Waals surface area contributed by atoms with Crippen LogP contribution in [0.5, 0.6) is 0 Å². The number of hydrogen-bond donors (Lipinski definition) is 1. The molecule has 6 heteroatoms. The van der Waals surface area contributed by atoms with Crippen LogP contribution in [0.3, 0.4) is 0 Å². The van der Waals surface area contributed by atoms with Gasteiger partial charge in [-0.1, -0.05) is 0 Å². The Morgan fingerprint density at radius 1 is 1.54 bits per heavy atom. The smallest absolute Gasteiger partial charge is 0.280 e. The van der Waals surface area contributed by atoms with Gasteiger partial charge in [0.2, 0.25) is 0 Å². The van der Waals surface area contributed by atoms with Crippen LogP contribution >= 0.6 is 22.6 Å². The quantitative estimate of drug-likeness (QED) is 0.850. The van der Waals surface area contributed by atoms with Gasteiger partial charge in [-0.25, -0.2) is 18.2 Å². The number of aliphatic hydroxyl groups is 1. The van der Waals surface area contributed by atoms with Gasteiger partial charge in [0.1, 0.15) is 11.5 Å². The highest BCUT2D eigenvalue weighted by Crippen LogP contribution is 2.22. The first-order valence-electron chi connectivity index (χ1n) is 3.30. The second-order valence-electron chi connectivity index (χ2n) is 2.25. The molecule has 0 amide bonds. The van der Waals surface area contributed by atoms with E-state index in [1.807, 2.05) is 0 Å². The van der Waals surface area contributed by atoms with Gasteiger partial charge in [-0.15, -0.1) is 0 Å². The number of halogens is 4. The van der Waals surface area contributed by atoms with E-state index >= 15 is 0 Å². The molecule has 1 aromatic heterocycles. The molecule has 13 heavy (non-hydrogen) atoms. The van der Waals surface area contributed by atoms with Crippen LogP contribution < -0.4 is 0 Å². The van der Waals surface area contributed by atoms with Crippen molar-refractivity contribution in [2.45, 2.75) is 13.0 Å². The fourth-order valence-electron chi connectivity index (χ4n) is 0.785. The van der Waals surface area contributed by atoms with Crippen molar-refractivity contribution in [1.29, 1.82) is 0 Å². The number of rotatable bonds is 2. The lowest BCUT2D eigenvalue weighted by molar-refractivity contribution is 0.144. The van der Waals surface area contributed by atoms with Gasteiger partial charge < -0.3 is 5.11 Å². The number of nitrogens with zero attached hydrogens (tertiary/aromatic N) is 1. The van der Waals surface area contributed by atoms with Gasteiger partial charge in [-0.3, -0.25) is 0 Å². The second-order valence-corrected chi connectivity index (χ2v) is 3.33. The van der Waals surface area contributed by atoms with Gasteiger partial charge in [-0.05, 0) is 22.6 Å². The number of pyridine rings is 1. The van der Waals surface area contributed by atoms with E-state index in [0.29, 0.717) is 6.07 Å². The third-order valence-electron chi connectivity index (χ3n) is 1.38. The van der Waals surface area contributed by atoms with Gasteiger partial charge in [0, 0.05) is 6.07 Å². The van der Waals surface area contributed by atoms with Crippen LogP contribution in [0.1, 0.15) is 17.8 Å². The molecule has 0 unspecified atom stereocenters. The molecule has 0 atom stereocenters. The van der Waals surface area contributed by atoms with Gasteiger partial charge in [0.25, 0.3) is 6.43 Å². The Hall–Kier alpha value is -0.370. The molecule has 1 N–H and O–H groups in total. The Morgan fingerprint density at radius 2 is 2.15 bits per heavy atom. The molecule has 1 heterocycles. The van der Waals surface area contributed by atoms with Crippen LogP contribution in [0.25, 0.3) is 0 Å². The summed E-state index contributed by atoms with van der Waals surface area (Å²) in [6, 6.07) is 0.672. The molecular formula is C7H5F3INO. The molecule has 1 rings (SSSR count). The minimum Gasteiger partial charge on any atom is -0.390 e. The monoisotopic (exact) mass is 303 g/mol. The summed E-state index contributed by atoms with van der Waals surface area (Å²) in [5, 5.41) is 8.67. The van der Waals surface area contributed by atoms with Crippen LogP contribution in [-0.2, 0) is 6.61 Å². The van der Waals surface area contributed by atoms with E-state index in [4.69, 9.17) is 5.11 Å². The standard InChI is InChI=1S/C7H5F3INO/c8-3-1-4(7(9)10)12-5(2-13)6(3)11/h1,7,13H,2H2. The summed E-state index contributed by atoms with van der Waals surface area (Å²) in [5.41, 5.74) is -0.710. The fourth-order valence-corrected chi connectivity index (χ4v) is 1.23. The molecule has 0 aliphatic rings. The summed E-state index contributed by atoms with van der Waals surface area (Å²) in [7, 11) is 0. The largest absolute Gasteiger partial charge is 0.390 e. The molecule has 0 bridgehead atoms. The molecule has 0 aliphatic heterocycles. The molecule has 0 saturated carbocycles. The van der Waals surface area contributed by atoms with Crippen molar-refractivity contribution in [3.8, 4) is 0 Å². The van der Waals surface area contributed by atoms with Crippen molar-refractivity contribution < 1.29 is 18.3 Å². The molecule has 0 saturated heterocycles. The topological polar surface area (TPSA) is 33.1 Å². The zero-order chi connectivity index (χ0) is 10.0. The third kappa shape index (κ3) is 2.31. The summed E-state index contributed by atoms with van der Waals surface area (Å²) in [6.45, 7) is -0.546. The average Bonchev–Trinajstić information content (AvgIpc) is 2.09. The minimum absolute atomic E-state index is 0.0594. The van der Waals surface area contributed by atoms with E-state index in [2.05, 4.69) is 4.98 Å². The zero-order valence-corrected chi connectivity index (χ0v) is 8.43. The molecule has 0 aromatic carbocycles. The maximum Gasteiger partial charge on any atom is 0.280 e. The highest BCUT2D eigenvalue weighted by Gasteiger charge is 2.15. The van der Waals surface area contributed by atoms with Crippen LogP contribution in [0.15, 0.2) is 6.07 Å². The first-order valence-corrected chi connectivity index (χ1v) is 4.38. The molecule has 0 fully saturated rings. The lowest BCUT2D eigenvalue weighted by atomic mass is 10.3. The van der Waals surface area contributed by atoms with Gasteiger partial charge >= 0.3 is 0 Å². The molecule has 2 nitrogen and oxygen atoms in total. The Labute approximate surface area is 85.9 Å². The Balaban J connectivity index is 3.22. The molecule has 0 spiro atoms. The summed E-state index contributed by atoms with van der Waals surface area (Å²) in [4.78, 5) is 3.40. The zero-order valence-electron chi connectivity index (χ0n) is 6.27. The Morgan fingerprint density at radius 3 is 2.62 bits per heavy atom. The van der Waals surface area contributed by atoms with Crippen LogP contribution in [0.2, 0.25) is 0 Å². The van der Waals surface area contributed by atoms with Crippen molar-refractivity contribution in [3.05, 3.63) is 26.8 Å². The maximum absolute atomic E-state index is 12.9. The van der Waals surface area contributed by atoms with Crippen molar-refractivity contribution in [2.75, 3.05) is 0 Å². The first-order chi connectivity index (χ1) is 6.06. The predicted molar refractivity (Wildman–Crippen MR) is 47.8 cm³/mol.